The largest absolute Gasteiger partial charge is 0.378 e. The van der Waals surface area contributed by atoms with Crippen LogP contribution in [-0.2, 0) is 4.74 Å². The summed E-state index contributed by atoms with van der Waals surface area (Å²) in [5, 5.41) is 5.19. The summed E-state index contributed by atoms with van der Waals surface area (Å²) in [4.78, 5) is 11.2. The molecule has 1 aliphatic carbocycles. The van der Waals surface area contributed by atoms with Gasteiger partial charge in [0, 0.05) is 35.2 Å². The number of benzene rings is 1. The van der Waals surface area contributed by atoms with E-state index in [-0.39, 0.29) is 0 Å². The van der Waals surface area contributed by atoms with Gasteiger partial charge in [0.1, 0.15) is 0 Å². The zero-order chi connectivity index (χ0) is 20.9. The molecule has 2 aliphatic rings. The molecule has 0 bridgehead atoms. The number of nitrogens with zero attached hydrogens (tertiary/aromatic N) is 4. The van der Waals surface area contributed by atoms with Gasteiger partial charge in [-0.25, -0.2) is 15.4 Å². The van der Waals surface area contributed by atoms with Crippen molar-refractivity contribution in [3.63, 3.8) is 0 Å². The van der Waals surface area contributed by atoms with Crippen LogP contribution in [0.4, 0.5) is 5.95 Å². The number of ether oxygens (including phenoxy) is 1. The standard InChI is InChI=1S/C23H26ClN5O/c1-16-13-17(2)27-23(26-16)28-25-15-20-6-5-19(14-18-3-7-21(24)8-4-18)22(20)29-9-11-30-12-10-29/h3-4,7-8,13-15H,5-6,9-12H2,1-2H3,(H,26,27,28)/b19-14-,25-15+. The summed E-state index contributed by atoms with van der Waals surface area (Å²) in [5.41, 5.74) is 9.78. The van der Waals surface area contributed by atoms with E-state index in [2.05, 4.69) is 43.6 Å². The molecule has 4 rings (SSSR count). The Morgan fingerprint density at radius 2 is 1.77 bits per heavy atom. The first kappa shape index (κ1) is 20.6. The lowest BCUT2D eigenvalue weighted by atomic mass is 10.1. The molecule has 0 saturated carbocycles. The first-order chi connectivity index (χ1) is 14.6. The van der Waals surface area contributed by atoms with Gasteiger partial charge >= 0.3 is 0 Å². The SMILES string of the molecule is Cc1cc(C)nc(N/N=C/C2=C(N3CCOCC3)C(=C\c3ccc(Cl)cc3)/CC2)n1. The van der Waals surface area contributed by atoms with Gasteiger partial charge in [-0.05, 0) is 67.7 Å². The Bertz CT molecular complexity index is 971. The summed E-state index contributed by atoms with van der Waals surface area (Å²) in [5.74, 6) is 0.521. The number of halogens is 1. The molecule has 0 amide bonds. The molecule has 0 unspecified atom stereocenters. The van der Waals surface area contributed by atoms with E-state index in [4.69, 9.17) is 16.3 Å². The molecule has 0 atom stereocenters. The third-order valence-electron chi connectivity index (χ3n) is 5.18. The molecule has 1 aromatic carbocycles. The fourth-order valence-electron chi connectivity index (χ4n) is 3.88. The quantitative estimate of drug-likeness (QED) is 0.562. The van der Waals surface area contributed by atoms with E-state index in [1.54, 1.807) is 0 Å². The first-order valence-corrected chi connectivity index (χ1v) is 10.6. The lowest BCUT2D eigenvalue weighted by Gasteiger charge is -2.31. The number of hydrogen-bond acceptors (Lipinski definition) is 6. The van der Waals surface area contributed by atoms with Crippen LogP contribution in [0.1, 0.15) is 29.8 Å². The van der Waals surface area contributed by atoms with E-state index in [0.717, 1.165) is 61.1 Å². The van der Waals surface area contributed by atoms with E-state index in [1.807, 2.05) is 38.3 Å². The molecule has 7 heteroatoms. The van der Waals surface area contributed by atoms with Gasteiger partial charge in [-0.3, -0.25) is 0 Å². The molecule has 30 heavy (non-hydrogen) atoms. The summed E-state index contributed by atoms with van der Waals surface area (Å²) < 4.78 is 5.56. The third-order valence-corrected chi connectivity index (χ3v) is 5.43. The monoisotopic (exact) mass is 423 g/mol. The summed E-state index contributed by atoms with van der Waals surface area (Å²) in [6, 6.07) is 9.90. The average Bonchev–Trinajstić information content (AvgIpc) is 3.12. The molecule has 2 aromatic rings. The van der Waals surface area contributed by atoms with Crippen molar-refractivity contribution in [3.8, 4) is 0 Å². The smallest absolute Gasteiger partial charge is 0.243 e. The van der Waals surface area contributed by atoms with Gasteiger partial charge in [-0.2, -0.15) is 5.10 Å². The number of allylic oxidation sites excluding steroid dienone is 2. The Morgan fingerprint density at radius 1 is 1.07 bits per heavy atom. The van der Waals surface area contributed by atoms with E-state index >= 15 is 0 Å². The number of aromatic nitrogens is 2. The summed E-state index contributed by atoms with van der Waals surface area (Å²) in [7, 11) is 0. The van der Waals surface area contributed by atoms with Crippen LogP contribution in [0.15, 0.2) is 52.3 Å². The topological polar surface area (TPSA) is 62.6 Å². The Morgan fingerprint density at radius 3 is 2.47 bits per heavy atom. The number of anilines is 1. The van der Waals surface area contributed by atoms with Gasteiger partial charge in [0.15, 0.2) is 0 Å². The van der Waals surface area contributed by atoms with Crippen molar-refractivity contribution in [2.45, 2.75) is 26.7 Å². The van der Waals surface area contributed by atoms with Crippen molar-refractivity contribution in [3.05, 3.63) is 69.1 Å². The van der Waals surface area contributed by atoms with E-state index in [9.17, 15) is 0 Å². The van der Waals surface area contributed by atoms with Gasteiger partial charge in [0.05, 0.1) is 19.4 Å². The van der Waals surface area contributed by atoms with Crippen LogP contribution >= 0.6 is 11.6 Å². The number of nitrogens with one attached hydrogen (secondary N) is 1. The molecule has 0 radical (unpaired) electrons. The number of morpholine rings is 1. The predicted octanol–water partition coefficient (Wildman–Crippen LogP) is 4.61. The minimum atomic E-state index is 0.521. The van der Waals surface area contributed by atoms with Crippen LogP contribution in [0.5, 0.6) is 0 Å². The van der Waals surface area contributed by atoms with Crippen LogP contribution in [0.25, 0.3) is 6.08 Å². The zero-order valence-electron chi connectivity index (χ0n) is 17.4. The van der Waals surface area contributed by atoms with Gasteiger partial charge in [-0.15, -0.1) is 0 Å². The number of hydrazone groups is 1. The maximum absolute atomic E-state index is 6.04. The second kappa shape index (κ2) is 9.41. The van der Waals surface area contributed by atoms with Gasteiger partial charge in [0.25, 0.3) is 0 Å². The minimum absolute atomic E-state index is 0.521. The van der Waals surface area contributed by atoms with E-state index in [1.165, 1.54) is 16.8 Å². The summed E-state index contributed by atoms with van der Waals surface area (Å²) in [6.07, 6.45) is 6.10. The molecule has 1 N–H and O–H groups in total. The highest BCUT2D eigenvalue weighted by Crippen LogP contribution is 2.35. The Balaban J connectivity index is 1.60. The highest BCUT2D eigenvalue weighted by molar-refractivity contribution is 6.30. The highest BCUT2D eigenvalue weighted by atomic mass is 35.5. The lowest BCUT2D eigenvalue weighted by molar-refractivity contribution is 0.0548. The first-order valence-electron chi connectivity index (χ1n) is 10.2. The molecule has 1 aliphatic heterocycles. The van der Waals surface area contributed by atoms with E-state index < -0.39 is 0 Å². The Kier molecular flexibility index (Phi) is 6.45. The van der Waals surface area contributed by atoms with Gasteiger partial charge in [0.2, 0.25) is 5.95 Å². The van der Waals surface area contributed by atoms with Crippen LogP contribution in [-0.4, -0.2) is 47.4 Å². The second-order valence-corrected chi connectivity index (χ2v) is 7.98. The van der Waals surface area contributed by atoms with Crippen molar-refractivity contribution in [1.29, 1.82) is 0 Å². The average molecular weight is 424 g/mol. The van der Waals surface area contributed by atoms with Crippen molar-refractivity contribution >= 4 is 29.8 Å². The second-order valence-electron chi connectivity index (χ2n) is 7.54. The van der Waals surface area contributed by atoms with Crippen molar-refractivity contribution in [1.82, 2.24) is 14.9 Å². The normalized spacial score (nSPS) is 18.6. The third kappa shape index (κ3) is 5.07. The molecule has 1 fully saturated rings. The maximum Gasteiger partial charge on any atom is 0.243 e. The van der Waals surface area contributed by atoms with Crippen LogP contribution < -0.4 is 5.43 Å². The molecular weight excluding hydrogens is 398 g/mol. The highest BCUT2D eigenvalue weighted by Gasteiger charge is 2.25. The minimum Gasteiger partial charge on any atom is -0.378 e. The molecule has 156 valence electrons. The van der Waals surface area contributed by atoms with Gasteiger partial charge in [-0.1, -0.05) is 23.7 Å². The lowest BCUT2D eigenvalue weighted by Crippen LogP contribution is -2.36. The van der Waals surface area contributed by atoms with Crippen molar-refractivity contribution in [2.24, 2.45) is 5.10 Å². The van der Waals surface area contributed by atoms with Crippen LogP contribution in [0.2, 0.25) is 5.02 Å². The molecular formula is C23H26ClN5O. The van der Waals surface area contributed by atoms with Crippen LogP contribution in [0.3, 0.4) is 0 Å². The van der Waals surface area contributed by atoms with E-state index in [0.29, 0.717) is 5.95 Å². The maximum atomic E-state index is 6.04. The van der Waals surface area contributed by atoms with Crippen molar-refractivity contribution < 1.29 is 4.74 Å². The molecule has 6 nitrogen and oxygen atoms in total. The molecule has 0 spiro atoms. The number of hydrogen-bond donors (Lipinski definition) is 1. The van der Waals surface area contributed by atoms with Gasteiger partial charge < -0.3 is 9.64 Å². The summed E-state index contributed by atoms with van der Waals surface area (Å²) in [6.45, 7) is 7.17. The molecule has 1 saturated heterocycles. The fourth-order valence-corrected chi connectivity index (χ4v) is 4.00. The Hall–Kier alpha value is -2.70. The predicted molar refractivity (Wildman–Crippen MR) is 122 cm³/mol. The summed E-state index contributed by atoms with van der Waals surface area (Å²) >= 11 is 6.04. The van der Waals surface area contributed by atoms with Crippen LogP contribution in [0, 0.1) is 13.8 Å². The number of aryl methyl sites for hydroxylation is 2. The van der Waals surface area contributed by atoms with Crippen molar-refractivity contribution in [2.75, 3.05) is 31.7 Å². The molecule has 1 aromatic heterocycles. The fraction of sp³-hybridized carbons (Fsp3) is 0.348. The Labute approximate surface area is 182 Å². The molecule has 2 heterocycles. The zero-order valence-corrected chi connectivity index (χ0v) is 18.1. The number of rotatable bonds is 5.